The fraction of sp³-hybridized carbons (Fsp3) is 0.533. The molecule has 1 aromatic carbocycles. The number of hydrogen-bond donors (Lipinski definition) is 1. The van der Waals surface area contributed by atoms with Crippen LogP contribution in [-0.4, -0.2) is 32.7 Å². The predicted octanol–water partition coefficient (Wildman–Crippen LogP) is 2.14. The van der Waals surface area contributed by atoms with Crippen LogP contribution >= 0.6 is 0 Å². The lowest BCUT2D eigenvalue weighted by molar-refractivity contribution is 0.0939. The Morgan fingerprint density at radius 3 is 2.52 bits per heavy atom. The summed E-state index contributed by atoms with van der Waals surface area (Å²) >= 11 is 0. The molecule has 0 unspecified atom stereocenters. The summed E-state index contributed by atoms with van der Waals surface area (Å²) in [7, 11) is -3.20. The van der Waals surface area contributed by atoms with Gasteiger partial charge in [0.15, 0.2) is 0 Å². The van der Waals surface area contributed by atoms with Crippen LogP contribution in [0.25, 0.3) is 0 Å². The molecule has 2 rings (SSSR count). The molecule has 5 nitrogen and oxygen atoms in total. The van der Waals surface area contributed by atoms with Gasteiger partial charge in [0.1, 0.15) is 0 Å². The highest BCUT2D eigenvalue weighted by molar-refractivity contribution is 7.92. The number of nitrogens with one attached hydrogen (secondary N) is 1. The van der Waals surface area contributed by atoms with Crippen molar-refractivity contribution in [3.05, 3.63) is 29.8 Å². The van der Waals surface area contributed by atoms with Gasteiger partial charge < -0.3 is 5.32 Å². The van der Waals surface area contributed by atoms with Crippen molar-refractivity contribution >= 4 is 21.6 Å². The molecule has 21 heavy (non-hydrogen) atoms. The zero-order chi connectivity index (χ0) is 15.5. The van der Waals surface area contributed by atoms with Crippen LogP contribution in [0.15, 0.2) is 24.3 Å². The molecule has 0 bridgehead atoms. The van der Waals surface area contributed by atoms with Gasteiger partial charge in [-0.05, 0) is 50.5 Å². The molecular weight excluding hydrogens is 288 g/mol. The molecule has 1 fully saturated rings. The van der Waals surface area contributed by atoms with E-state index in [1.807, 2.05) is 13.8 Å². The standard InChI is InChI=1S/C15H22N2O3S/c1-3-12(2)16-15(18)13-6-8-14(9-7-13)17-10-4-5-11-21(17,19)20/h6-9,12H,3-5,10-11H2,1-2H3,(H,16,18)/t12-/m0/s1. The summed E-state index contributed by atoms with van der Waals surface area (Å²) in [6, 6.07) is 6.89. The van der Waals surface area contributed by atoms with E-state index >= 15 is 0 Å². The maximum absolute atomic E-state index is 12.0. The number of benzene rings is 1. The highest BCUT2D eigenvalue weighted by Gasteiger charge is 2.25. The third-order valence-corrected chi connectivity index (χ3v) is 5.63. The minimum Gasteiger partial charge on any atom is -0.350 e. The van der Waals surface area contributed by atoms with Crippen molar-refractivity contribution < 1.29 is 13.2 Å². The Bertz CT molecular complexity index is 596. The normalized spacial score (nSPS) is 19.0. The quantitative estimate of drug-likeness (QED) is 0.926. The Morgan fingerprint density at radius 2 is 1.95 bits per heavy atom. The van der Waals surface area contributed by atoms with Crippen molar-refractivity contribution in [1.29, 1.82) is 0 Å². The van der Waals surface area contributed by atoms with Crippen molar-refractivity contribution in [1.82, 2.24) is 5.32 Å². The number of carbonyl (C=O) groups is 1. The van der Waals surface area contributed by atoms with Gasteiger partial charge in [-0.15, -0.1) is 0 Å². The molecule has 6 heteroatoms. The van der Waals surface area contributed by atoms with Crippen molar-refractivity contribution in [2.45, 2.75) is 39.2 Å². The van der Waals surface area contributed by atoms with Crippen molar-refractivity contribution in [2.75, 3.05) is 16.6 Å². The molecule has 0 aromatic heterocycles. The number of sulfonamides is 1. The molecule has 1 amide bonds. The number of rotatable bonds is 4. The second-order valence-corrected chi connectivity index (χ2v) is 7.44. The van der Waals surface area contributed by atoms with E-state index < -0.39 is 10.0 Å². The molecular formula is C15H22N2O3S. The summed E-state index contributed by atoms with van der Waals surface area (Å²) in [6.45, 7) is 4.47. The summed E-state index contributed by atoms with van der Waals surface area (Å²) < 4.78 is 25.5. The largest absolute Gasteiger partial charge is 0.350 e. The smallest absolute Gasteiger partial charge is 0.251 e. The zero-order valence-corrected chi connectivity index (χ0v) is 13.3. The van der Waals surface area contributed by atoms with Crippen LogP contribution in [0.5, 0.6) is 0 Å². The van der Waals surface area contributed by atoms with E-state index in [1.165, 1.54) is 4.31 Å². The van der Waals surface area contributed by atoms with Gasteiger partial charge in [0.05, 0.1) is 11.4 Å². The molecule has 1 heterocycles. The number of amides is 1. The molecule has 0 radical (unpaired) electrons. The fourth-order valence-electron chi connectivity index (χ4n) is 2.27. The molecule has 1 aliphatic heterocycles. The Labute approximate surface area is 126 Å². The third-order valence-electron chi connectivity index (χ3n) is 3.76. The fourth-order valence-corrected chi connectivity index (χ4v) is 3.91. The van der Waals surface area contributed by atoms with Crippen LogP contribution in [0.3, 0.4) is 0 Å². The lowest BCUT2D eigenvalue weighted by Gasteiger charge is -2.28. The van der Waals surface area contributed by atoms with E-state index in [4.69, 9.17) is 0 Å². The van der Waals surface area contributed by atoms with Gasteiger partial charge >= 0.3 is 0 Å². The average molecular weight is 310 g/mol. The second-order valence-electron chi connectivity index (χ2n) is 5.42. The van der Waals surface area contributed by atoms with E-state index in [1.54, 1.807) is 24.3 Å². The third kappa shape index (κ3) is 3.75. The van der Waals surface area contributed by atoms with E-state index in [-0.39, 0.29) is 17.7 Å². The van der Waals surface area contributed by atoms with Gasteiger partial charge in [-0.25, -0.2) is 8.42 Å². The maximum Gasteiger partial charge on any atom is 0.251 e. The van der Waals surface area contributed by atoms with E-state index in [2.05, 4.69) is 5.32 Å². The lowest BCUT2D eigenvalue weighted by atomic mass is 10.1. The molecule has 0 saturated carbocycles. The van der Waals surface area contributed by atoms with Crippen LogP contribution in [-0.2, 0) is 10.0 Å². The monoisotopic (exact) mass is 310 g/mol. The van der Waals surface area contributed by atoms with Gasteiger partial charge in [0.2, 0.25) is 10.0 Å². The molecule has 1 aromatic rings. The minimum atomic E-state index is -3.20. The van der Waals surface area contributed by atoms with Crippen LogP contribution < -0.4 is 9.62 Å². The summed E-state index contributed by atoms with van der Waals surface area (Å²) in [5.41, 5.74) is 1.18. The first-order valence-electron chi connectivity index (χ1n) is 7.35. The van der Waals surface area contributed by atoms with Crippen LogP contribution in [0, 0.1) is 0 Å². The topological polar surface area (TPSA) is 66.5 Å². The van der Waals surface area contributed by atoms with Gasteiger partial charge in [-0.2, -0.15) is 0 Å². The van der Waals surface area contributed by atoms with Crippen LogP contribution in [0.1, 0.15) is 43.5 Å². The molecule has 0 aliphatic carbocycles. The summed E-state index contributed by atoms with van der Waals surface area (Å²) in [5.74, 6) is 0.0703. The highest BCUT2D eigenvalue weighted by Crippen LogP contribution is 2.23. The van der Waals surface area contributed by atoms with Gasteiger partial charge in [0.25, 0.3) is 5.91 Å². The molecule has 1 saturated heterocycles. The molecule has 1 aliphatic rings. The Morgan fingerprint density at radius 1 is 1.29 bits per heavy atom. The molecule has 116 valence electrons. The SMILES string of the molecule is CC[C@H](C)NC(=O)c1ccc(N2CCCCS2(=O)=O)cc1. The maximum atomic E-state index is 12.0. The van der Waals surface area contributed by atoms with Crippen molar-refractivity contribution in [3.8, 4) is 0 Å². The highest BCUT2D eigenvalue weighted by atomic mass is 32.2. The summed E-state index contributed by atoms with van der Waals surface area (Å²) in [6.07, 6.45) is 2.46. The Kier molecular flexibility index (Phi) is 4.88. The molecule has 1 atom stereocenters. The first-order chi connectivity index (χ1) is 9.94. The van der Waals surface area contributed by atoms with E-state index in [0.717, 1.165) is 12.8 Å². The van der Waals surface area contributed by atoms with Crippen molar-refractivity contribution in [3.63, 3.8) is 0 Å². The summed E-state index contributed by atoms with van der Waals surface area (Å²) in [4.78, 5) is 12.0. The van der Waals surface area contributed by atoms with Gasteiger partial charge in [-0.1, -0.05) is 6.92 Å². The first kappa shape index (κ1) is 15.8. The Hall–Kier alpha value is -1.56. The number of carbonyl (C=O) groups excluding carboxylic acids is 1. The van der Waals surface area contributed by atoms with E-state index in [0.29, 0.717) is 24.2 Å². The van der Waals surface area contributed by atoms with E-state index in [9.17, 15) is 13.2 Å². The number of nitrogens with zero attached hydrogens (tertiary/aromatic N) is 1. The van der Waals surface area contributed by atoms with Gasteiger partial charge in [0, 0.05) is 18.2 Å². The minimum absolute atomic E-state index is 0.125. The number of hydrogen-bond acceptors (Lipinski definition) is 3. The zero-order valence-electron chi connectivity index (χ0n) is 12.5. The predicted molar refractivity (Wildman–Crippen MR) is 84.0 cm³/mol. The first-order valence-corrected chi connectivity index (χ1v) is 8.96. The number of anilines is 1. The average Bonchev–Trinajstić information content (AvgIpc) is 2.47. The molecule has 1 N–H and O–H groups in total. The second kappa shape index (κ2) is 6.47. The van der Waals surface area contributed by atoms with Gasteiger partial charge in [-0.3, -0.25) is 9.10 Å². The Balaban J connectivity index is 2.13. The van der Waals surface area contributed by atoms with Crippen LogP contribution in [0.2, 0.25) is 0 Å². The van der Waals surface area contributed by atoms with Crippen LogP contribution in [0.4, 0.5) is 5.69 Å². The summed E-state index contributed by atoms with van der Waals surface area (Å²) in [5, 5.41) is 2.89. The lowest BCUT2D eigenvalue weighted by Crippen LogP contribution is -2.37. The van der Waals surface area contributed by atoms with Crippen molar-refractivity contribution in [2.24, 2.45) is 0 Å². The molecule has 0 spiro atoms.